The van der Waals surface area contributed by atoms with Crippen LogP contribution in [0.25, 0.3) is 17.0 Å². The Hall–Kier alpha value is -3.01. The van der Waals surface area contributed by atoms with Crippen molar-refractivity contribution >= 4 is 28.7 Å². The van der Waals surface area contributed by atoms with Gasteiger partial charge in [-0.25, -0.2) is 4.98 Å². The van der Waals surface area contributed by atoms with Gasteiger partial charge in [-0.05, 0) is 36.8 Å². The number of benzene rings is 1. The summed E-state index contributed by atoms with van der Waals surface area (Å²) in [6, 6.07) is 13.5. The molecule has 1 N–H and O–H groups in total. The third kappa shape index (κ3) is 3.17. The van der Waals surface area contributed by atoms with Crippen LogP contribution in [0.1, 0.15) is 11.1 Å². The van der Waals surface area contributed by atoms with Crippen molar-refractivity contribution in [3.8, 4) is 0 Å². The summed E-state index contributed by atoms with van der Waals surface area (Å²) in [4.78, 5) is 20.4. The maximum Gasteiger partial charge on any atom is 0.249 e. The molecule has 1 aromatic carbocycles. The van der Waals surface area contributed by atoms with Crippen molar-refractivity contribution in [3.63, 3.8) is 0 Å². The van der Waals surface area contributed by atoms with Gasteiger partial charge in [0.15, 0.2) is 0 Å². The minimum atomic E-state index is -0.217. The number of nitrogens with one attached hydrogen (secondary N) is 1. The molecule has 2 heterocycles. The maximum atomic E-state index is 12.0. The highest BCUT2D eigenvalue weighted by atomic mass is 16.1. The van der Waals surface area contributed by atoms with E-state index in [1.807, 2.05) is 49.4 Å². The summed E-state index contributed by atoms with van der Waals surface area (Å²) in [6.07, 6.45) is 6.67. The van der Waals surface area contributed by atoms with E-state index in [4.69, 9.17) is 0 Å². The van der Waals surface area contributed by atoms with E-state index in [-0.39, 0.29) is 5.91 Å². The van der Waals surface area contributed by atoms with Gasteiger partial charge in [0.1, 0.15) is 5.82 Å². The standard InChI is InChI=1S/C18H15N3O/c1-13-9-11-19-16(12-13)21-17(22)8-7-15-5-2-4-14-6-3-10-20-18(14)15/h2-12H,1H3,(H,19,21,22)/b8-7+. The zero-order chi connectivity index (χ0) is 15.4. The lowest BCUT2D eigenvalue weighted by molar-refractivity contribution is -0.111. The lowest BCUT2D eigenvalue weighted by Crippen LogP contribution is -2.09. The second kappa shape index (κ2) is 6.18. The molecule has 0 saturated heterocycles. The number of hydrogen-bond donors (Lipinski definition) is 1. The number of aromatic nitrogens is 2. The molecule has 0 aliphatic heterocycles. The van der Waals surface area contributed by atoms with Crippen LogP contribution in [0.4, 0.5) is 5.82 Å². The Kier molecular flexibility index (Phi) is 3.92. The Morgan fingerprint density at radius 3 is 2.82 bits per heavy atom. The summed E-state index contributed by atoms with van der Waals surface area (Å²) in [5.74, 6) is 0.330. The van der Waals surface area contributed by atoms with Crippen LogP contribution >= 0.6 is 0 Å². The van der Waals surface area contributed by atoms with E-state index in [2.05, 4.69) is 15.3 Å². The average molecular weight is 289 g/mol. The number of pyridine rings is 2. The number of fused-ring (bicyclic) bond motifs is 1. The first kappa shape index (κ1) is 13.9. The summed E-state index contributed by atoms with van der Waals surface area (Å²) in [5.41, 5.74) is 2.83. The van der Waals surface area contributed by atoms with Crippen molar-refractivity contribution in [3.05, 3.63) is 72.1 Å². The highest BCUT2D eigenvalue weighted by Gasteiger charge is 2.01. The number of carbonyl (C=O) groups is 1. The number of anilines is 1. The summed E-state index contributed by atoms with van der Waals surface area (Å²) in [6.45, 7) is 1.95. The van der Waals surface area contributed by atoms with Crippen LogP contribution in [0.3, 0.4) is 0 Å². The van der Waals surface area contributed by atoms with Crippen molar-refractivity contribution < 1.29 is 4.79 Å². The summed E-state index contributed by atoms with van der Waals surface area (Å²) in [7, 11) is 0. The minimum Gasteiger partial charge on any atom is -0.307 e. The van der Waals surface area contributed by atoms with Gasteiger partial charge < -0.3 is 5.32 Å². The molecule has 0 saturated carbocycles. The average Bonchev–Trinajstić information content (AvgIpc) is 2.53. The van der Waals surface area contributed by atoms with Crippen molar-refractivity contribution in [1.82, 2.24) is 9.97 Å². The summed E-state index contributed by atoms with van der Waals surface area (Å²) >= 11 is 0. The normalized spacial score (nSPS) is 11.0. The smallest absolute Gasteiger partial charge is 0.249 e. The van der Waals surface area contributed by atoms with Crippen LogP contribution in [-0.2, 0) is 4.79 Å². The number of rotatable bonds is 3. The predicted octanol–water partition coefficient (Wildman–Crippen LogP) is 3.59. The molecule has 22 heavy (non-hydrogen) atoms. The van der Waals surface area contributed by atoms with E-state index < -0.39 is 0 Å². The number of para-hydroxylation sites is 1. The van der Waals surface area contributed by atoms with Crippen molar-refractivity contribution in [2.45, 2.75) is 6.92 Å². The highest BCUT2D eigenvalue weighted by molar-refractivity contribution is 6.02. The minimum absolute atomic E-state index is 0.217. The molecule has 4 heteroatoms. The van der Waals surface area contributed by atoms with E-state index in [1.165, 1.54) is 6.08 Å². The van der Waals surface area contributed by atoms with Gasteiger partial charge in [-0.3, -0.25) is 9.78 Å². The highest BCUT2D eigenvalue weighted by Crippen LogP contribution is 2.17. The second-order valence-corrected chi connectivity index (χ2v) is 4.96. The van der Waals surface area contributed by atoms with Gasteiger partial charge >= 0.3 is 0 Å². The van der Waals surface area contributed by atoms with Crippen LogP contribution in [-0.4, -0.2) is 15.9 Å². The number of carbonyl (C=O) groups excluding carboxylic acids is 1. The molecule has 4 nitrogen and oxygen atoms in total. The van der Waals surface area contributed by atoms with E-state index >= 15 is 0 Å². The quantitative estimate of drug-likeness (QED) is 0.750. The first-order chi connectivity index (χ1) is 10.7. The van der Waals surface area contributed by atoms with Crippen LogP contribution in [0.5, 0.6) is 0 Å². The molecule has 0 aliphatic carbocycles. The molecular weight excluding hydrogens is 274 g/mol. The van der Waals surface area contributed by atoms with Gasteiger partial charge in [0.05, 0.1) is 5.52 Å². The van der Waals surface area contributed by atoms with E-state index in [9.17, 15) is 4.79 Å². The first-order valence-electron chi connectivity index (χ1n) is 6.98. The zero-order valence-electron chi connectivity index (χ0n) is 12.2. The number of nitrogens with zero attached hydrogens (tertiary/aromatic N) is 2. The molecule has 0 spiro atoms. The lowest BCUT2D eigenvalue weighted by atomic mass is 10.1. The first-order valence-corrected chi connectivity index (χ1v) is 6.98. The van der Waals surface area contributed by atoms with Crippen LogP contribution in [0, 0.1) is 6.92 Å². The van der Waals surface area contributed by atoms with E-state index in [0.717, 1.165) is 22.0 Å². The van der Waals surface area contributed by atoms with Gasteiger partial charge in [-0.2, -0.15) is 0 Å². The molecule has 3 aromatic rings. The molecule has 1 amide bonds. The molecule has 0 radical (unpaired) electrons. The molecular formula is C18H15N3O. The molecule has 108 valence electrons. The third-order valence-corrected chi connectivity index (χ3v) is 3.24. The zero-order valence-corrected chi connectivity index (χ0v) is 12.2. The van der Waals surface area contributed by atoms with Gasteiger partial charge in [0.2, 0.25) is 5.91 Å². The van der Waals surface area contributed by atoms with E-state index in [1.54, 1.807) is 18.5 Å². The lowest BCUT2D eigenvalue weighted by Gasteiger charge is -2.02. The molecule has 0 fully saturated rings. The molecule has 0 aliphatic rings. The third-order valence-electron chi connectivity index (χ3n) is 3.24. The Balaban J connectivity index is 1.79. The van der Waals surface area contributed by atoms with Crippen molar-refractivity contribution in [2.75, 3.05) is 5.32 Å². The summed E-state index contributed by atoms with van der Waals surface area (Å²) in [5, 5.41) is 3.79. The van der Waals surface area contributed by atoms with Crippen LogP contribution in [0.2, 0.25) is 0 Å². The van der Waals surface area contributed by atoms with Crippen LogP contribution < -0.4 is 5.32 Å². The Morgan fingerprint density at radius 1 is 1.09 bits per heavy atom. The predicted molar refractivity (Wildman–Crippen MR) is 88.4 cm³/mol. The number of aryl methyl sites for hydroxylation is 1. The van der Waals surface area contributed by atoms with Gasteiger partial charge in [-0.1, -0.05) is 24.3 Å². The Labute approximate surface area is 128 Å². The number of amides is 1. The second-order valence-electron chi connectivity index (χ2n) is 4.96. The molecule has 3 rings (SSSR count). The summed E-state index contributed by atoms with van der Waals surface area (Å²) < 4.78 is 0. The van der Waals surface area contributed by atoms with Gasteiger partial charge in [0.25, 0.3) is 0 Å². The topological polar surface area (TPSA) is 54.9 Å². The number of hydrogen-bond acceptors (Lipinski definition) is 3. The van der Waals surface area contributed by atoms with E-state index in [0.29, 0.717) is 5.82 Å². The maximum absolute atomic E-state index is 12.0. The fraction of sp³-hybridized carbons (Fsp3) is 0.0556. The van der Waals surface area contributed by atoms with Crippen molar-refractivity contribution in [2.24, 2.45) is 0 Å². The Morgan fingerprint density at radius 2 is 1.95 bits per heavy atom. The monoisotopic (exact) mass is 289 g/mol. The molecule has 0 atom stereocenters. The van der Waals surface area contributed by atoms with Crippen LogP contribution in [0.15, 0.2) is 60.9 Å². The SMILES string of the molecule is Cc1ccnc(NC(=O)/C=C/c2cccc3cccnc23)c1. The Bertz CT molecular complexity index is 850. The van der Waals surface area contributed by atoms with Gasteiger partial charge in [-0.15, -0.1) is 0 Å². The van der Waals surface area contributed by atoms with Gasteiger partial charge in [0, 0.05) is 29.4 Å². The largest absolute Gasteiger partial charge is 0.307 e. The fourth-order valence-electron chi connectivity index (χ4n) is 2.20. The molecule has 0 bridgehead atoms. The molecule has 2 aromatic heterocycles. The molecule has 0 unspecified atom stereocenters. The van der Waals surface area contributed by atoms with Crippen molar-refractivity contribution in [1.29, 1.82) is 0 Å². The fourth-order valence-corrected chi connectivity index (χ4v) is 2.20.